The van der Waals surface area contributed by atoms with E-state index in [1.807, 2.05) is 31.1 Å². The Morgan fingerprint density at radius 1 is 1.26 bits per heavy atom. The Labute approximate surface area is 111 Å². The molecule has 0 saturated heterocycles. The standard InChI is InChI=1S/C14H16FN3O/c1-18(2)14-6-4-11(9-17-14)16-8-10-3-5-13(19)12(15)7-10/h3-7,9,16,19H,8H2,1-2H3. The van der Waals surface area contributed by atoms with Crippen molar-refractivity contribution in [2.45, 2.75) is 6.54 Å². The van der Waals surface area contributed by atoms with Gasteiger partial charge >= 0.3 is 0 Å². The molecule has 19 heavy (non-hydrogen) atoms. The van der Waals surface area contributed by atoms with Gasteiger partial charge in [-0.15, -0.1) is 0 Å². The van der Waals surface area contributed by atoms with Gasteiger partial charge in [-0.3, -0.25) is 0 Å². The van der Waals surface area contributed by atoms with Crippen molar-refractivity contribution in [3.63, 3.8) is 0 Å². The van der Waals surface area contributed by atoms with Crippen LogP contribution >= 0.6 is 0 Å². The van der Waals surface area contributed by atoms with Gasteiger partial charge in [0.1, 0.15) is 5.82 Å². The van der Waals surface area contributed by atoms with Crippen molar-refractivity contribution in [2.24, 2.45) is 0 Å². The fourth-order valence-electron chi connectivity index (χ4n) is 1.62. The van der Waals surface area contributed by atoms with Crippen LogP contribution in [0.1, 0.15) is 5.56 Å². The molecule has 0 unspecified atom stereocenters. The molecule has 0 radical (unpaired) electrons. The van der Waals surface area contributed by atoms with E-state index in [9.17, 15) is 4.39 Å². The molecule has 2 aromatic rings. The molecule has 2 N–H and O–H groups in total. The zero-order chi connectivity index (χ0) is 13.8. The van der Waals surface area contributed by atoms with Crippen LogP contribution in [0.5, 0.6) is 5.75 Å². The van der Waals surface area contributed by atoms with Crippen LogP contribution in [0.2, 0.25) is 0 Å². The zero-order valence-electron chi connectivity index (χ0n) is 10.9. The lowest BCUT2D eigenvalue weighted by atomic mass is 10.2. The van der Waals surface area contributed by atoms with E-state index in [1.54, 1.807) is 12.3 Å². The van der Waals surface area contributed by atoms with Crippen molar-refractivity contribution in [2.75, 3.05) is 24.3 Å². The summed E-state index contributed by atoms with van der Waals surface area (Å²) in [5.41, 5.74) is 1.62. The second-order valence-electron chi connectivity index (χ2n) is 4.44. The third kappa shape index (κ3) is 3.34. The third-order valence-corrected chi connectivity index (χ3v) is 2.71. The largest absolute Gasteiger partial charge is 0.505 e. The summed E-state index contributed by atoms with van der Waals surface area (Å²) in [7, 11) is 3.85. The van der Waals surface area contributed by atoms with Crippen molar-refractivity contribution in [3.8, 4) is 5.75 Å². The first kappa shape index (κ1) is 13.1. The molecule has 0 atom stereocenters. The lowest BCUT2D eigenvalue weighted by Gasteiger charge is -2.12. The molecule has 2 rings (SSSR count). The number of aromatic hydroxyl groups is 1. The highest BCUT2D eigenvalue weighted by Gasteiger charge is 2.02. The first-order chi connectivity index (χ1) is 9.06. The predicted molar refractivity (Wildman–Crippen MR) is 74.0 cm³/mol. The van der Waals surface area contributed by atoms with Crippen molar-refractivity contribution in [3.05, 3.63) is 47.9 Å². The number of pyridine rings is 1. The lowest BCUT2D eigenvalue weighted by molar-refractivity contribution is 0.432. The van der Waals surface area contributed by atoms with E-state index in [1.165, 1.54) is 12.1 Å². The molecular weight excluding hydrogens is 245 g/mol. The van der Waals surface area contributed by atoms with E-state index in [4.69, 9.17) is 5.11 Å². The smallest absolute Gasteiger partial charge is 0.165 e. The first-order valence-corrected chi connectivity index (χ1v) is 5.91. The van der Waals surface area contributed by atoms with E-state index in [2.05, 4.69) is 10.3 Å². The number of nitrogens with zero attached hydrogens (tertiary/aromatic N) is 2. The molecule has 100 valence electrons. The van der Waals surface area contributed by atoms with Crippen molar-refractivity contribution in [1.82, 2.24) is 4.98 Å². The average Bonchev–Trinajstić information content (AvgIpc) is 2.40. The SMILES string of the molecule is CN(C)c1ccc(NCc2ccc(O)c(F)c2)cn1. The molecule has 0 amide bonds. The number of benzene rings is 1. The van der Waals surface area contributed by atoms with Gasteiger partial charge in [-0.05, 0) is 29.8 Å². The number of phenolic OH excluding ortho intramolecular Hbond substituents is 1. The molecule has 4 nitrogen and oxygen atoms in total. The Kier molecular flexibility index (Phi) is 3.85. The molecule has 1 heterocycles. The second kappa shape index (κ2) is 5.56. The molecule has 0 aliphatic rings. The van der Waals surface area contributed by atoms with Crippen LogP contribution in [0.4, 0.5) is 15.9 Å². The van der Waals surface area contributed by atoms with Crippen molar-refractivity contribution in [1.29, 1.82) is 0 Å². The fourth-order valence-corrected chi connectivity index (χ4v) is 1.62. The van der Waals surface area contributed by atoms with Gasteiger partial charge in [0.05, 0.1) is 11.9 Å². The van der Waals surface area contributed by atoms with Gasteiger partial charge in [0.2, 0.25) is 0 Å². The fraction of sp³-hybridized carbons (Fsp3) is 0.214. The van der Waals surface area contributed by atoms with Crippen LogP contribution in [0.25, 0.3) is 0 Å². The summed E-state index contributed by atoms with van der Waals surface area (Å²) in [6.07, 6.45) is 1.73. The Balaban J connectivity index is 2.00. The van der Waals surface area contributed by atoms with Gasteiger partial charge in [0, 0.05) is 20.6 Å². The van der Waals surface area contributed by atoms with Gasteiger partial charge in [-0.25, -0.2) is 9.37 Å². The van der Waals surface area contributed by atoms with Crippen LogP contribution in [0.3, 0.4) is 0 Å². The summed E-state index contributed by atoms with van der Waals surface area (Å²) in [4.78, 5) is 6.19. The van der Waals surface area contributed by atoms with Gasteiger partial charge < -0.3 is 15.3 Å². The highest BCUT2D eigenvalue weighted by atomic mass is 19.1. The maximum Gasteiger partial charge on any atom is 0.165 e. The van der Waals surface area contributed by atoms with Gasteiger partial charge in [0.15, 0.2) is 11.6 Å². The number of hydrogen-bond donors (Lipinski definition) is 2. The number of hydrogen-bond acceptors (Lipinski definition) is 4. The Hall–Kier alpha value is -2.30. The molecule has 0 aliphatic carbocycles. The number of nitrogens with one attached hydrogen (secondary N) is 1. The average molecular weight is 261 g/mol. The highest BCUT2D eigenvalue weighted by Crippen LogP contribution is 2.17. The summed E-state index contributed by atoms with van der Waals surface area (Å²) < 4.78 is 13.2. The highest BCUT2D eigenvalue weighted by molar-refractivity contribution is 5.48. The van der Waals surface area contributed by atoms with E-state index < -0.39 is 5.82 Å². The summed E-state index contributed by atoms with van der Waals surface area (Å²) in [6, 6.07) is 8.15. The van der Waals surface area contributed by atoms with Gasteiger partial charge in [0.25, 0.3) is 0 Å². The molecule has 0 fully saturated rings. The van der Waals surface area contributed by atoms with Crippen LogP contribution in [0.15, 0.2) is 36.5 Å². The monoisotopic (exact) mass is 261 g/mol. The van der Waals surface area contributed by atoms with E-state index >= 15 is 0 Å². The molecule has 0 bridgehead atoms. The van der Waals surface area contributed by atoms with Crippen molar-refractivity contribution < 1.29 is 9.50 Å². The summed E-state index contributed by atoms with van der Waals surface area (Å²) in [5, 5.41) is 12.2. The molecular formula is C14H16FN3O. The van der Waals surface area contributed by atoms with Crippen LogP contribution in [0, 0.1) is 5.82 Å². The molecule has 1 aromatic carbocycles. The summed E-state index contributed by atoms with van der Waals surface area (Å²) in [6.45, 7) is 0.472. The third-order valence-electron chi connectivity index (χ3n) is 2.71. The number of anilines is 2. The molecule has 0 aliphatic heterocycles. The minimum absolute atomic E-state index is 0.333. The minimum atomic E-state index is -0.611. The number of phenols is 1. The second-order valence-corrected chi connectivity index (χ2v) is 4.44. The number of rotatable bonds is 4. The van der Waals surface area contributed by atoms with E-state index in [0.29, 0.717) is 6.54 Å². The molecule has 5 heteroatoms. The minimum Gasteiger partial charge on any atom is -0.505 e. The predicted octanol–water partition coefficient (Wildman–Crippen LogP) is 2.60. The maximum atomic E-state index is 13.2. The Morgan fingerprint density at radius 3 is 2.63 bits per heavy atom. The van der Waals surface area contributed by atoms with Crippen molar-refractivity contribution >= 4 is 11.5 Å². The van der Waals surface area contributed by atoms with E-state index in [-0.39, 0.29) is 5.75 Å². The number of halogens is 1. The zero-order valence-corrected chi connectivity index (χ0v) is 10.9. The van der Waals surface area contributed by atoms with Gasteiger partial charge in [-0.2, -0.15) is 0 Å². The maximum absolute atomic E-state index is 13.2. The molecule has 0 saturated carbocycles. The first-order valence-electron chi connectivity index (χ1n) is 5.91. The van der Waals surface area contributed by atoms with Gasteiger partial charge in [-0.1, -0.05) is 6.07 Å². The number of aromatic nitrogens is 1. The molecule has 1 aromatic heterocycles. The van der Waals surface area contributed by atoms with Crippen LogP contribution < -0.4 is 10.2 Å². The normalized spacial score (nSPS) is 10.3. The topological polar surface area (TPSA) is 48.4 Å². The van der Waals surface area contributed by atoms with Crippen LogP contribution in [-0.2, 0) is 6.54 Å². The summed E-state index contributed by atoms with van der Waals surface area (Å²) >= 11 is 0. The lowest BCUT2D eigenvalue weighted by Crippen LogP contribution is -2.10. The van der Waals surface area contributed by atoms with E-state index in [0.717, 1.165) is 17.1 Å². The quantitative estimate of drug-likeness (QED) is 0.888. The summed E-state index contributed by atoms with van der Waals surface area (Å²) in [5.74, 6) is -0.0673. The van der Waals surface area contributed by atoms with Crippen LogP contribution in [-0.4, -0.2) is 24.2 Å². The Bertz CT molecular complexity index is 555. The molecule has 0 spiro atoms. The Morgan fingerprint density at radius 2 is 2.05 bits per heavy atom.